The van der Waals surface area contributed by atoms with Crippen LogP contribution < -0.4 is 10.1 Å². The molecule has 1 aliphatic heterocycles. The highest BCUT2D eigenvalue weighted by Gasteiger charge is 2.28. The summed E-state index contributed by atoms with van der Waals surface area (Å²) in [5.74, 6) is -0.294. The zero-order valence-electron chi connectivity index (χ0n) is 19.3. The number of anilines is 1. The molecule has 1 fully saturated rings. The number of fused-ring (bicyclic) bond motifs is 2. The molecule has 0 radical (unpaired) electrons. The summed E-state index contributed by atoms with van der Waals surface area (Å²) in [7, 11) is 1.78. The van der Waals surface area contributed by atoms with Crippen LogP contribution in [0.1, 0.15) is 21.8 Å². The van der Waals surface area contributed by atoms with Gasteiger partial charge in [-0.05, 0) is 37.6 Å². The topological polar surface area (TPSA) is 112 Å². The summed E-state index contributed by atoms with van der Waals surface area (Å²) < 4.78 is 18.6. The van der Waals surface area contributed by atoms with E-state index in [1.165, 1.54) is 0 Å². The number of pyridine rings is 1. The molecule has 3 aromatic heterocycles. The molecule has 0 aliphatic carbocycles. The van der Waals surface area contributed by atoms with Crippen molar-refractivity contribution in [3.05, 3.63) is 47.3 Å². The molecule has 1 saturated heterocycles. The summed E-state index contributed by atoms with van der Waals surface area (Å²) in [6, 6.07) is 9.14. The number of benzene rings is 1. The van der Waals surface area contributed by atoms with Gasteiger partial charge in [0.25, 0.3) is 11.8 Å². The van der Waals surface area contributed by atoms with E-state index in [0.29, 0.717) is 54.5 Å². The van der Waals surface area contributed by atoms with Crippen LogP contribution in [-0.4, -0.2) is 64.4 Å². The van der Waals surface area contributed by atoms with Gasteiger partial charge in [0.1, 0.15) is 11.3 Å². The van der Waals surface area contributed by atoms with Crippen LogP contribution in [0.2, 0.25) is 0 Å². The number of hydrogen-bond donors (Lipinski definition) is 1. The first-order chi connectivity index (χ1) is 16.4. The summed E-state index contributed by atoms with van der Waals surface area (Å²) in [6.45, 7) is 5.44. The van der Waals surface area contributed by atoms with Gasteiger partial charge in [-0.3, -0.25) is 9.59 Å². The van der Waals surface area contributed by atoms with Crippen LogP contribution >= 0.6 is 0 Å². The second kappa shape index (κ2) is 8.79. The highest BCUT2D eigenvalue weighted by molar-refractivity contribution is 6.11. The summed E-state index contributed by atoms with van der Waals surface area (Å²) in [5.41, 5.74) is 3.38. The third kappa shape index (κ3) is 3.96. The number of morpholine rings is 1. The van der Waals surface area contributed by atoms with Crippen LogP contribution in [0, 0.1) is 13.8 Å². The molecule has 2 amide bonds. The predicted molar refractivity (Wildman–Crippen MR) is 125 cm³/mol. The van der Waals surface area contributed by atoms with Crippen molar-refractivity contribution in [1.29, 1.82) is 0 Å². The van der Waals surface area contributed by atoms with Gasteiger partial charge in [0.05, 0.1) is 18.6 Å². The van der Waals surface area contributed by atoms with Crippen LogP contribution in [0.3, 0.4) is 0 Å². The molecular formula is C24H25N5O5. The Hall–Kier alpha value is -3.92. The van der Waals surface area contributed by atoms with Crippen molar-refractivity contribution >= 4 is 39.5 Å². The Morgan fingerprint density at radius 1 is 1.18 bits per heavy atom. The second-order valence-corrected chi connectivity index (χ2v) is 8.25. The first-order valence-corrected chi connectivity index (χ1v) is 11.0. The fourth-order valence-corrected chi connectivity index (χ4v) is 4.19. The lowest BCUT2D eigenvalue weighted by atomic mass is 10.2. The Bertz CT molecular complexity index is 1400. The molecular weight excluding hydrogens is 438 g/mol. The number of amides is 2. The Kier molecular flexibility index (Phi) is 5.66. The number of nitrogens with zero attached hydrogens (tertiary/aromatic N) is 4. The number of para-hydroxylation sites is 1. The molecule has 1 aromatic carbocycles. The number of furan rings is 1. The maximum Gasteiger partial charge on any atom is 0.291 e. The van der Waals surface area contributed by atoms with Crippen molar-refractivity contribution in [2.45, 2.75) is 13.8 Å². The Labute approximate surface area is 195 Å². The Balaban J connectivity index is 1.39. The van der Waals surface area contributed by atoms with E-state index in [0.717, 1.165) is 16.6 Å². The van der Waals surface area contributed by atoms with Gasteiger partial charge in [-0.1, -0.05) is 12.1 Å². The molecule has 5 rings (SSSR count). The average molecular weight is 463 g/mol. The Morgan fingerprint density at radius 3 is 2.74 bits per heavy atom. The van der Waals surface area contributed by atoms with E-state index in [2.05, 4.69) is 15.4 Å². The molecule has 34 heavy (non-hydrogen) atoms. The number of carbonyl (C=O) groups excluding carboxylic acids is 2. The van der Waals surface area contributed by atoms with Crippen LogP contribution in [0.4, 0.5) is 5.69 Å². The monoisotopic (exact) mass is 463 g/mol. The molecule has 0 saturated carbocycles. The minimum Gasteiger partial charge on any atom is -0.466 e. The molecule has 1 N–H and O–H groups in total. The SMILES string of the molecule is Cc1cc(C)c2c(OCC(=O)Nc3c(C(=O)N4CCOCC4)oc4ccccc34)nn(C)c2n1. The molecule has 10 heteroatoms. The molecule has 0 atom stereocenters. The van der Waals surface area contributed by atoms with Crippen molar-refractivity contribution in [1.82, 2.24) is 19.7 Å². The van der Waals surface area contributed by atoms with Crippen molar-refractivity contribution in [3.8, 4) is 5.88 Å². The highest BCUT2D eigenvalue weighted by atomic mass is 16.5. The van der Waals surface area contributed by atoms with Crippen LogP contribution in [0.5, 0.6) is 5.88 Å². The molecule has 4 heterocycles. The number of carbonyl (C=O) groups is 2. The summed E-state index contributed by atoms with van der Waals surface area (Å²) in [6.07, 6.45) is 0. The lowest BCUT2D eigenvalue weighted by molar-refractivity contribution is -0.118. The largest absolute Gasteiger partial charge is 0.466 e. The first kappa shape index (κ1) is 21.9. The van der Waals surface area contributed by atoms with E-state index in [4.69, 9.17) is 13.9 Å². The van der Waals surface area contributed by atoms with E-state index in [1.807, 2.05) is 32.0 Å². The highest BCUT2D eigenvalue weighted by Crippen LogP contribution is 2.32. The van der Waals surface area contributed by atoms with Crippen molar-refractivity contribution in [2.24, 2.45) is 7.05 Å². The van der Waals surface area contributed by atoms with Crippen LogP contribution in [0.15, 0.2) is 34.7 Å². The maximum atomic E-state index is 13.1. The average Bonchev–Trinajstić information content (AvgIpc) is 3.35. The van der Waals surface area contributed by atoms with Crippen LogP contribution in [-0.2, 0) is 16.6 Å². The van der Waals surface area contributed by atoms with Gasteiger partial charge in [-0.25, -0.2) is 9.67 Å². The zero-order chi connectivity index (χ0) is 23.8. The first-order valence-electron chi connectivity index (χ1n) is 11.0. The lowest BCUT2D eigenvalue weighted by Gasteiger charge is -2.26. The van der Waals surface area contributed by atoms with Gasteiger partial charge < -0.3 is 24.1 Å². The van der Waals surface area contributed by atoms with Gasteiger partial charge in [0, 0.05) is 31.2 Å². The van der Waals surface area contributed by atoms with E-state index < -0.39 is 5.91 Å². The quantitative estimate of drug-likeness (QED) is 0.484. The third-order valence-electron chi connectivity index (χ3n) is 5.78. The Morgan fingerprint density at radius 2 is 1.94 bits per heavy atom. The van der Waals surface area contributed by atoms with Gasteiger partial charge in [0.2, 0.25) is 11.6 Å². The van der Waals surface area contributed by atoms with Crippen molar-refractivity contribution in [2.75, 3.05) is 38.2 Å². The number of rotatable bonds is 5. The van der Waals surface area contributed by atoms with Crippen molar-refractivity contribution in [3.63, 3.8) is 0 Å². The number of aromatic nitrogens is 3. The van der Waals surface area contributed by atoms with E-state index in [9.17, 15) is 9.59 Å². The summed E-state index contributed by atoms with van der Waals surface area (Å²) >= 11 is 0. The van der Waals surface area contributed by atoms with E-state index >= 15 is 0 Å². The maximum absolute atomic E-state index is 13.1. The smallest absolute Gasteiger partial charge is 0.291 e. The molecule has 10 nitrogen and oxygen atoms in total. The molecule has 0 unspecified atom stereocenters. The van der Waals surface area contributed by atoms with Gasteiger partial charge >= 0.3 is 0 Å². The summed E-state index contributed by atoms with van der Waals surface area (Å²) in [5, 5.41) is 8.60. The normalized spacial score (nSPS) is 14.0. The fourth-order valence-electron chi connectivity index (χ4n) is 4.19. The number of hydrogen-bond acceptors (Lipinski definition) is 7. The van der Waals surface area contributed by atoms with Crippen molar-refractivity contribution < 1.29 is 23.5 Å². The second-order valence-electron chi connectivity index (χ2n) is 8.25. The minimum atomic E-state index is -0.431. The van der Waals surface area contributed by atoms with E-state index in [-0.39, 0.29) is 18.3 Å². The standard InChI is InChI=1S/C24H25N5O5/c1-14-12-15(2)25-22-19(14)23(27-28(22)3)33-13-18(30)26-20-16-6-4-5-7-17(16)34-21(20)24(31)29-8-10-32-11-9-29/h4-7,12H,8-11,13H2,1-3H3,(H,26,30). The third-order valence-corrected chi connectivity index (χ3v) is 5.78. The predicted octanol–water partition coefficient (Wildman–Crippen LogP) is 2.82. The molecule has 0 bridgehead atoms. The molecule has 0 spiro atoms. The van der Waals surface area contributed by atoms with Gasteiger partial charge in [-0.2, -0.15) is 0 Å². The number of ether oxygens (including phenoxy) is 2. The fraction of sp³-hybridized carbons (Fsp3) is 0.333. The van der Waals surface area contributed by atoms with Crippen LogP contribution in [0.25, 0.3) is 22.0 Å². The van der Waals surface area contributed by atoms with E-state index in [1.54, 1.807) is 28.8 Å². The minimum absolute atomic E-state index is 0.0928. The number of aryl methyl sites for hydroxylation is 3. The molecule has 4 aromatic rings. The van der Waals surface area contributed by atoms with Gasteiger partial charge in [0.15, 0.2) is 12.3 Å². The van der Waals surface area contributed by atoms with Gasteiger partial charge in [-0.15, -0.1) is 5.10 Å². The summed E-state index contributed by atoms with van der Waals surface area (Å²) in [4.78, 5) is 32.2. The lowest BCUT2D eigenvalue weighted by Crippen LogP contribution is -2.40. The molecule has 176 valence electrons. The molecule has 1 aliphatic rings. The zero-order valence-corrected chi connectivity index (χ0v) is 19.3. The number of nitrogens with one attached hydrogen (secondary N) is 1.